The first-order valence-electron chi connectivity index (χ1n) is 8.44. The molecule has 0 aliphatic carbocycles. The zero-order valence-electron chi connectivity index (χ0n) is 15.6. The van der Waals surface area contributed by atoms with Crippen LogP contribution in [0, 0.1) is 11.2 Å². The van der Waals surface area contributed by atoms with Crippen molar-refractivity contribution in [2.45, 2.75) is 20.8 Å². The topological polar surface area (TPSA) is 39.1 Å². The monoisotopic (exact) mass is 401 g/mol. The fraction of sp³-hybridized carbons (Fsp3) is 0.238. The van der Waals surface area contributed by atoms with Crippen molar-refractivity contribution in [2.75, 3.05) is 0 Å². The minimum absolute atomic E-state index is 0.0133. The molecule has 27 heavy (non-hydrogen) atoms. The lowest BCUT2D eigenvalue weighted by Crippen LogP contribution is -2.29. The number of benzene rings is 1. The molecule has 0 amide bonds. The molecule has 2 aromatic heterocycles. The number of nitrogens with zero attached hydrogens (tertiary/aromatic N) is 1. The quantitative estimate of drug-likeness (QED) is 0.673. The van der Waals surface area contributed by atoms with Crippen LogP contribution in [-0.4, -0.2) is 10.4 Å². The predicted molar refractivity (Wildman–Crippen MR) is 111 cm³/mol. The summed E-state index contributed by atoms with van der Waals surface area (Å²) in [7, 11) is 1.68. The summed E-state index contributed by atoms with van der Waals surface area (Å²) in [6.07, 6.45) is 3.38. The molecule has 0 radical (unpaired) electrons. The summed E-state index contributed by atoms with van der Waals surface area (Å²) >= 11 is 2.84. The number of carbonyl (C=O) groups excluding carboxylic acids is 1. The van der Waals surface area contributed by atoms with Gasteiger partial charge in [0.15, 0.2) is 5.78 Å². The molecule has 2 heterocycles. The van der Waals surface area contributed by atoms with Crippen molar-refractivity contribution >= 4 is 40.6 Å². The van der Waals surface area contributed by atoms with Gasteiger partial charge < -0.3 is 4.57 Å². The average molecular weight is 402 g/mol. The van der Waals surface area contributed by atoms with Crippen LogP contribution in [0.4, 0.5) is 4.39 Å². The number of thiophene rings is 1. The molecule has 6 heteroatoms. The van der Waals surface area contributed by atoms with Gasteiger partial charge >= 0.3 is 0 Å². The smallest absolute Gasteiger partial charge is 0.268 e. The SMILES string of the molecule is Cn1c(=O)/c(=C\c2ccc(-c3ccc(F)cc3)s2)s/c1=C\C(=O)C(C)(C)C. The van der Waals surface area contributed by atoms with Gasteiger partial charge in [0.05, 0.1) is 4.53 Å². The lowest BCUT2D eigenvalue weighted by molar-refractivity contribution is -0.120. The molecule has 0 bridgehead atoms. The highest BCUT2D eigenvalue weighted by molar-refractivity contribution is 7.16. The third-order valence-corrected chi connectivity index (χ3v) is 6.28. The summed E-state index contributed by atoms with van der Waals surface area (Å²) in [6.45, 7) is 5.56. The Morgan fingerprint density at radius 3 is 2.37 bits per heavy atom. The molecule has 0 unspecified atom stereocenters. The van der Waals surface area contributed by atoms with Crippen LogP contribution in [0.2, 0.25) is 0 Å². The summed E-state index contributed by atoms with van der Waals surface area (Å²) in [5.41, 5.74) is 0.330. The lowest BCUT2D eigenvalue weighted by Gasteiger charge is -2.12. The first-order valence-corrected chi connectivity index (χ1v) is 10.1. The zero-order valence-corrected chi connectivity index (χ0v) is 17.2. The molecule has 0 N–H and O–H groups in total. The molecule has 0 aliphatic heterocycles. The summed E-state index contributed by atoms with van der Waals surface area (Å²) in [6, 6.07) is 10.2. The van der Waals surface area contributed by atoms with Crippen molar-refractivity contribution in [1.82, 2.24) is 4.57 Å². The van der Waals surface area contributed by atoms with Gasteiger partial charge in [0.25, 0.3) is 5.56 Å². The summed E-state index contributed by atoms with van der Waals surface area (Å²) in [5.74, 6) is -0.279. The zero-order chi connectivity index (χ0) is 19.8. The number of ketones is 1. The Morgan fingerprint density at radius 1 is 1.07 bits per heavy atom. The number of rotatable bonds is 3. The Kier molecular flexibility index (Phi) is 5.31. The van der Waals surface area contributed by atoms with E-state index in [1.54, 1.807) is 25.3 Å². The van der Waals surface area contributed by atoms with Crippen molar-refractivity contribution in [2.24, 2.45) is 12.5 Å². The average Bonchev–Trinajstić information content (AvgIpc) is 3.16. The van der Waals surface area contributed by atoms with Crippen LogP contribution in [0.15, 0.2) is 41.2 Å². The third kappa shape index (κ3) is 4.34. The number of thiazole rings is 1. The molecule has 0 saturated carbocycles. The minimum atomic E-state index is -0.484. The number of aromatic nitrogens is 1. The summed E-state index contributed by atoms with van der Waals surface area (Å²) in [4.78, 5) is 26.7. The van der Waals surface area contributed by atoms with Crippen LogP contribution in [0.3, 0.4) is 0 Å². The molecule has 0 fully saturated rings. The Labute approximate surface area is 164 Å². The van der Waals surface area contributed by atoms with E-state index in [0.29, 0.717) is 9.20 Å². The van der Waals surface area contributed by atoms with E-state index in [2.05, 4.69) is 0 Å². The van der Waals surface area contributed by atoms with Gasteiger partial charge in [-0.15, -0.1) is 22.7 Å². The molecule has 0 atom stereocenters. The van der Waals surface area contributed by atoms with Gasteiger partial charge in [0, 0.05) is 28.3 Å². The van der Waals surface area contributed by atoms with Crippen LogP contribution in [0.5, 0.6) is 0 Å². The molecule has 3 nitrogen and oxygen atoms in total. The molecule has 0 aliphatic rings. The van der Waals surface area contributed by atoms with Gasteiger partial charge in [-0.1, -0.05) is 32.9 Å². The largest absolute Gasteiger partial charge is 0.302 e. The molecule has 140 valence electrons. The maximum atomic E-state index is 13.1. The van der Waals surface area contributed by atoms with Gasteiger partial charge in [-0.25, -0.2) is 4.39 Å². The molecule has 3 aromatic rings. The highest BCUT2D eigenvalue weighted by atomic mass is 32.1. The summed E-state index contributed by atoms with van der Waals surface area (Å²) in [5, 5.41) is 0. The first-order chi connectivity index (χ1) is 12.6. The number of hydrogen-bond donors (Lipinski definition) is 0. The van der Waals surface area contributed by atoms with E-state index >= 15 is 0 Å². The Bertz CT molecular complexity index is 1160. The van der Waals surface area contributed by atoms with E-state index in [4.69, 9.17) is 0 Å². The van der Waals surface area contributed by atoms with Crippen LogP contribution in [0.1, 0.15) is 25.6 Å². The van der Waals surface area contributed by atoms with Gasteiger partial charge in [0.2, 0.25) is 0 Å². The van der Waals surface area contributed by atoms with Crippen molar-refractivity contribution in [3.8, 4) is 10.4 Å². The third-order valence-electron chi connectivity index (χ3n) is 4.08. The Morgan fingerprint density at radius 2 is 1.74 bits per heavy atom. The normalized spacial score (nSPS) is 13.4. The van der Waals surface area contributed by atoms with E-state index < -0.39 is 5.41 Å². The van der Waals surface area contributed by atoms with Gasteiger partial charge in [0.1, 0.15) is 10.5 Å². The fourth-order valence-electron chi connectivity index (χ4n) is 2.37. The second-order valence-corrected chi connectivity index (χ2v) is 9.46. The van der Waals surface area contributed by atoms with Crippen LogP contribution >= 0.6 is 22.7 Å². The van der Waals surface area contributed by atoms with E-state index in [1.165, 1.54) is 39.4 Å². The molecular weight excluding hydrogens is 381 g/mol. The van der Waals surface area contributed by atoms with Crippen LogP contribution in [-0.2, 0) is 11.8 Å². The molecule has 1 aromatic carbocycles. The maximum Gasteiger partial charge on any atom is 0.268 e. The number of hydrogen-bond acceptors (Lipinski definition) is 4. The minimum Gasteiger partial charge on any atom is -0.302 e. The molecule has 0 saturated heterocycles. The van der Waals surface area contributed by atoms with E-state index in [1.807, 2.05) is 39.0 Å². The van der Waals surface area contributed by atoms with Crippen molar-refractivity contribution in [3.63, 3.8) is 0 Å². The Hall–Kier alpha value is -2.31. The van der Waals surface area contributed by atoms with Crippen molar-refractivity contribution in [1.29, 1.82) is 0 Å². The van der Waals surface area contributed by atoms with E-state index in [0.717, 1.165) is 15.3 Å². The van der Waals surface area contributed by atoms with Gasteiger partial charge in [-0.3, -0.25) is 9.59 Å². The van der Waals surface area contributed by atoms with Gasteiger partial charge in [-0.05, 0) is 35.9 Å². The molecular formula is C21H20FNO2S2. The first kappa shape index (κ1) is 19.5. The van der Waals surface area contributed by atoms with Crippen LogP contribution < -0.4 is 14.8 Å². The standard InChI is InChI=1S/C21H20FNO2S2/c1-21(2,3)18(24)12-19-23(4)20(25)17(27-19)11-15-9-10-16(26-15)13-5-7-14(22)8-6-13/h5-12H,1-4H3/b17-11+,19-12-. The fourth-order valence-corrected chi connectivity index (χ4v) is 4.42. The van der Waals surface area contributed by atoms with Crippen molar-refractivity contribution in [3.05, 3.63) is 66.6 Å². The number of Topliss-reactive ketones (excluding diaryl/α,β-unsaturated/α-hetero) is 1. The second kappa shape index (κ2) is 7.37. The predicted octanol–water partition coefficient (Wildman–Crippen LogP) is 3.54. The van der Waals surface area contributed by atoms with Crippen molar-refractivity contribution < 1.29 is 9.18 Å². The van der Waals surface area contributed by atoms with E-state index in [-0.39, 0.29) is 17.2 Å². The van der Waals surface area contributed by atoms with Crippen LogP contribution in [0.25, 0.3) is 22.6 Å². The highest BCUT2D eigenvalue weighted by Gasteiger charge is 2.19. The number of halogens is 1. The van der Waals surface area contributed by atoms with Gasteiger partial charge in [-0.2, -0.15) is 0 Å². The number of carbonyl (C=O) groups is 1. The lowest BCUT2D eigenvalue weighted by atomic mass is 9.91. The van der Waals surface area contributed by atoms with E-state index in [9.17, 15) is 14.0 Å². The highest BCUT2D eigenvalue weighted by Crippen LogP contribution is 2.28. The molecule has 0 spiro atoms. The summed E-state index contributed by atoms with van der Waals surface area (Å²) < 4.78 is 15.8. The maximum absolute atomic E-state index is 13.1. The second-order valence-electron chi connectivity index (χ2n) is 7.28. The molecule has 3 rings (SSSR count). The Balaban J connectivity index is 2.01.